The van der Waals surface area contributed by atoms with Crippen molar-refractivity contribution in [2.45, 2.75) is 4.90 Å². The van der Waals surface area contributed by atoms with Crippen LogP contribution >= 0.6 is 11.6 Å². The molecule has 0 spiro atoms. The summed E-state index contributed by atoms with van der Waals surface area (Å²) in [7, 11) is -3.79. The third kappa shape index (κ3) is 2.37. The van der Waals surface area contributed by atoms with Crippen LogP contribution in [0.25, 0.3) is 0 Å². The molecule has 1 aromatic carbocycles. The minimum Gasteiger partial charge on any atom is -0.275 e. The Morgan fingerprint density at radius 3 is 2.38 bits per heavy atom. The van der Waals surface area contributed by atoms with E-state index >= 15 is 0 Å². The lowest BCUT2D eigenvalue weighted by molar-refractivity contribution is -0.388. The quantitative estimate of drug-likeness (QED) is 0.466. The Morgan fingerprint density at radius 1 is 1.44 bits per heavy atom. The summed E-state index contributed by atoms with van der Waals surface area (Å²) in [5.41, 5.74) is -1.22. The van der Waals surface area contributed by atoms with Crippen LogP contribution in [0.5, 0.6) is 0 Å². The molecule has 0 unspecified atom stereocenters. The summed E-state index contributed by atoms with van der Waals surface area (Å²) in [4.78, 5) is 20.2. The van der Waals surface area contributed by atoms with Crippen LogP contribution in [-0.2, 0) is 9.84 Å². The minimum absolute atomic E-state index is 0.436. The van der Waals surface area contributed by atoms with E-state index in [1.807, 2.05) is 0 Å². The number of sulfone groups is 1. The number of nitro benzene ring substituents is 1. The Labute approximate surface area is 95.9 Å². The van der Waals surface area contributed by atoms with E-state index in [2.05, 4.69) is 0 Å². The smallest absolute Gasteiger partial charge is 0.275 e. The van der Waals surface area contributed by atoms with Gasteiger partial charge in [0, 0.05) is 6.26 Å². The first-order valence-electron chi connectivity index (χ1n) is 3.92. The Hall–Kier alpha value is -1.47. The molecule has 0 N–H and O–H groups in total. The van der Waals surface area contributed by atoms with Crippen LogP contribution in [0.15, 0.2) is 23.1 Å². The van der Waals surface area contributed by atoms with Gasteiger partial charge in [0.25, 0.3) is 10.9 Å². The van der Waals surface area contributed by atoms with E-state index in [9.17, 15) is 23.3 Å². The number of hydrogen-bond acceptors (Lipinski definition) is 5. The summed E-state index contributed by atoms with van der Waals surface area (Å²) >= 11 is 5.14. The summed E-state index contributed by atoms with van der Waals surface area (Å²) in [6, 6.07) is 3.37. The fourth-order valence-corrected chi connectivity index (χ4v) is 2.18. The molecule has 0 aliphatic rings. The molecule has 1 aromatic rings. The van der Waals surface area contributed by atoms with Crippen molar-refractivity contribution < 1.29 is 18.1 Å². The highest BCUT2D eigenvalue weighted by Crippen LogP contribution is 2.28. The highest BCUT2D eigenvalue weighted by molar-refractivity contribution is 7.90. The van der Waals surface area contributed by atoms with Crippen LogP contribution in [0.1, 0.15) is 10.4 Å². The zero-order valence-electron chi connectivity index (χ0n) is 8.01. The van der Waals surface area contributed by atoms with Gasteiger partial charge >= 0.3 is 0 Å². The summed E-state index contributed by atoms with van der Waals surface area (Å²) < 4.78 is 22.5. The number of carbonyl (C=O) groups excluding carboxylic acids is 1. The highest BCUT2D eigenvalue weighted by atomic mass is 35.5. The summed E-state index contributed by atoms with van der Waals surface area (Å²) in [5, 5.41) is 9.65. The summed E-state index contributed by atoms with van der Waals surface area (Å²) in [6.45, 7) is 0. The summed E-state index contributed by atoms with van der Waals surface area (Å²) in [6.07, 6.45) is 0.817. The van der Waals surface area contributed by atoms with Crippen molar-refractivity contribution in [1.29, 1.82) is 0 Å². The minimum atomic E-state index is -3.79. The normalized spacial score (nSPS) is 11.1. The van der Waals surface area contributed by atoms with Gasteiger partial charge in [0.15, 0.2) is 9.84 Å². The first-order valence-corrected chi connectivity index (χ1v) is 6.19. The maximum Gasteiger partial charge on any atom is 0.300 e. The van der Waals surface area contributed by atoms with Crippen LogP contribution in [0.2, 0.25) is 0 Å². The van der Waals surface area contributed by atoms with Crippen LogP contribution in [-0.4, -0.2) is 24.8 Å². The van der Waals surface area contributed by atoms with Crippen LogP contribution in [0.3, 0.4) is 0 Å². The maximum absolute atomic E-state index is 11.3. The number of para-hydroxylation sites is 1. The third-order valence-corrected chi connectivity index (χ3v) is 3.12. The molecule has 0 bridgehead atoms. The topological polar surface area (TPSA) is 94.3 Å². The van der Waals surface area contributed by atoms with Crippen molar-refractivity contribution in [3.05, 3.63) is 33.9 Å². The average Bonchev–Trinajstić information content (AvgIpc) is 2.14. The first-order chi connectivity index (χ1) is 7.25. The Kier molecular flexibility index (Phi) is 3.30. The van der Waals surface area contributed by atoms with Gasteiger partial charge in [-0.3, -0.25) is 14.9 Å². The van der Waals surface area contributed by atoms with Crippen molar-refractivity contribution >= 4 is 32.4 Å². The lowest BCUT2D eigenvalue weighted by Gasteiger charge is -2.02. The van der Waals surface area contributed by atoms with Gasteiger partial charge in [0.2, 0.25) is 0 Å². The molecule has 8 heteroatoms. The molecule has 6 nitrogen and oxygen atoms in total. The predicted molar refractivity (Wildman–Crippen MR) is 56.4 cm³/mol. The van der Waals surface area contributed by atoms with E-state index in [0.29, 0.717) is 0 Å². The predicted octanol–water partition coefficient (Wildman–Crippen LogP) is 1.38. The van der Waals surface area contributed by atoms with Crippen molar-refractivity contribution in [1.82, 2.24) is 0 Å². The lowest BCUT2D eigenvalue weighted by Crippen LogP contribution is -2.06. The van der Waals surface area contributed by atoms with Gasteiger partial charge in [-0.15, -0.1) is 0 Å². The van der Waals surface area contributed by atoms with E-state index in [1.54, 1.807) is 0 Å². The molecule has 0 saturated carbocycles. The molecule has 0 aromatic heterocycles. The van der Waals surface area contributed by atoms with E-state index in [-0.39, 0.29) is 0 Å². The third-order valence-electron chi connectivity index (χ3n) is 1.79. The molecule has 0 fully saturated rings. The number of nitrogens with zero attached hydrogens (tertiary/aromatic N) is 1. The van der Waals surface area contributed by atoms with Gasteiger partial charge in [-0.1, -0.05) is 6.07 Å². The number of halogens is 1. The second-order valence-corrected chi connectivity index (χ2v) is 5.28. The monoisotopic (exact) mass is 263 g/mol. The van der Waals surface area contributed by atoms with E-state index in [0.717, 1.165) is 18.4 Å². The standard InChI is InChI=1S/C8H6ClNO5S/c1-16(14,15)6-4-2-3-5(8(9)11)7(6)10(12)13/h2-4H,1H3. The average molecular weight is 264 g/mol. The van der Waals surface area contributed by atoms with E-state index < -0.39 is 36.1 Å². The molecule has 0 amide bonds. The SMILES string of the molecule is CS(=O)(=O)c1cccc(C(=O)Cl)c1[N+](=O)[O-]. The molecule has 0 radical (unpaired) electrons. The number of nitro groups is 1. The van der Waals surface area contributed by atoms with Crippen molar-refractivity contribution in [2.75, 3.05) is 6.26 Å². The molecule has 0 aliphatic heterocycles. The fourth-order valence-electron chi connectivity index (χ4n) is 1.17. The van der Waals surface area contributed by atoms with Gasteiger partial charge in [0.1, 0.15) is 10.5 Å². The van der Waals surface area contributed by atoms with Crippen LogP contribution < -0.4 is 0 Å². The molecule has 0 heterocycles. The zero-order valence-corrected chi connectivity index (χ0v) is 9.58. The number of hydrogen-bond donors (Lipinski definition) is 0. The second-order valence-electron chi connectivity index (χ2n) is 2.96. The maximum atomic E-state index is 11.3. The number of rotatable bonds is 3. The Morgan fingerprint density at radius 2 is 2.00 bits per heavy atom. The van der Waals surface area contributed by atoms with Gasteiger partial charge in [-0.25, -0.2) is 8.42 Å². The Balaban J connectivity index is 3.72. The molecule has 16 heavy (non-hydrogen) atoms. The van der Waals surface area contributed by atoms with Crippen molar-refractivity contribution in [3.8, 4) is 0 Å². The lowest BCUT2D eigenvalue weighted by atomic mass is 10.2. The van der Waals surface area contributed by atoms with Gasteiger partial charge in [-0.2, -0.15) is 0 Å². The molecule has 0 atom stereocenters. The Bertz CT molecular complexity index is 566. The molecular formula is C8H6ClNO5S. The molecule has 0 aliphatic carbocycles. The zero-order chi connectivity index (χ0) is 12.5. The fraction of sp³-hybridized carbons (Fsp3) is 0.125. The number of carbonyl (C=O) groups is 1. The molecule has 1 rings (SSSR count). The van der Waals surface area contributed by atoms with Gasteiger partial charge < -0.3 is 0 Å². The highest BCUT2D eigenvalue weighted by Gasteiger charge is 2.28. The van der Waals surface area contributed by atoms with Crippen molar-refractivity contribution in [3.63, 3.8) is 0 Å². The summed E-state index contributed by atoms with van der Waals surface area (Å²) in [5.74, 6) is 0. The molecule has 86 valence electrons. The van der Waals surface area contributed by atoms with Gasteiger partial charge in [0.05, 0.1) is 4.92 Å². The second kappa shape index (κ2) is 4.18. The van der Waals surface area contributed by atoms with Crippen molar-refractivity contribution in [2.24, 2.45) is 0 Å². The molecular weight excluding hydrogens is 258 g/mol. The van der Waals surface area contributed by atoms with Crippen LogP contribution in [0.4, 0.5) is 5.69 Å². The van der Waals surface area contributed by atoms with E-state index in [4.69, 9.17) is 11.6 Å². The molecule has 0 saturated heterocycles. The van der Waals surface area contributed by atoms with E-state index in [1.165, 1.54) is 6.07 Å². The van der Waals surface area contributed by atoms with Gasteiger partial charge in [-0.05, 0) is 23.7 Å². The number of benzene rings is 1. The largest absolute Gasteiger partial charge is 0.300 e. The first kappa shape index (κ1) is 12.6. The van der Waals surface area contributed by atoms with Crippen LogP contribution in [0, 0.1) is 10.1 Å².